The van der Waals surface area contributed by atoms with Crippen LogP contribution in [-0.2, 0) is 0 Å². The summed E-state index contributed by atoms with van der Waals surface area (Å²) >= 11 is 0. The lowest BCUT2D eigenvalue weighted by Gasteiger charge is -2.34. The topological polar surface area (TPSA) is 49.8 Å². The van der Waals surface area contributed by atoms with Crippen molar-refractivity contribution in [2.45, 2.75) is 19.4 Å². The fraction of sp³-hybridized carbons (Fsp3) is 0.400. The largest absolute Gasteiger partial charge is 0.490 e. The Kier molecular flexibility index (Phi) is 5.12. The Morgan fingerprint density at radius 2 is 2.00 bits per heavy atom. The fourth-order valence-electron chi connectivity index (χ4n) is 1.42. The Morgan fingerprint density at radius 1 is 1.42 bits per heavy atom. The van der Waals surface area contributed by atoms with Crippen LogP contribution in [0.15, 0.2) is 36.9 Å². The molecule has 0 atom stereocenters. The van der Waals surface area contributed by atoms with Gasteiger partial charge in [-0.1, -0.05) is 12.7 Å². The normalized spacial score (nSPS) is 10.9. The molecule has 0 aliphatic rings. The van der Waals surface area contributed by atoms with Crippen molar-refractivity contribution < 1.29 is 14.6 Å². The van der Waals surface area contributed by atoms with Crippen molar-refractivity contribution in [1.82, 2.24) is 4.90 Å². The number of hydrogen-bond acceptors (Lipinski definition) is 3. The third kappa shape index (κ3) is 3.83. The highest BCUT2D eigenvalue weighted by Crippen LogP contribution is 2.18. The molecule has 19 heavy (non-hydrogen) atoms. The number of rotatable bonds is 6. The summed E-state index contributed by atoms with van der Waals surface area (Å²) in [6.07, 6.45) is 1.66. The third-order valence-corrected chi connectivity index (χ3v) is 3.07. The number of carbonyl (C=O) groups is 1. The van der Waals surface area contributed by atoms with Crippen molar-refractivity contribution in [2.24, 2.45) is 0 Å². The van der Waals surface area contributed by atoms with Gasteiger partial charge in [-0.15, -0.1) is 0 Å². The van der Waals surface area contributed by atoms with Crippen LogP contribution in [0.2, 0.25) is 0 Å². The average molecular weight is 263 g/mol. The predicted octanol–water partition coefficient (Wildman–Crippen LogP) is 2.09. The molecule has 0 spiro atoms. The summed E-state index contributed by atoms with van der Waals surface area (Å²) in [6.45, 7) is 7.54. The molecule has 4 heteroatoms. The molecule has 0 bridgehead atoms. The van der Waals surface area contributed by atoms with Gasteiger partial charge in [0.1, 0.15) is 12.4 Å². The summed E-state index contributed by atoms with van der Waals surface area (Å²) in [4.78, 5) is 13.8. The first-order valence-corrected chi connectivity index (χ1v) is 6.15. The highest BCUT2D eigenvalue weighted by molar-refractivity contribution is 5.94. The van der Waals surface area contributed by atoms with Crippen LogP contribution in [0.5, 0.6) is 5.75 Å². The van der Waals surface area contributed by atoms with Crippen molar-refractivity contribution in [1.29, 1.82) is 0 Å². The highest BCUT2D eigenvalue weighted by atomic mass is 16.5. The van der Waals surface area contributed by atoms with E-state index in [-0.39, 0.29) is 12.5 Å². The molecule has 0 heterocycles. The van der Waals surface area contributed by atoms with Gasteiger partial charge in [0.25, 0.3) is 5.91 Å². The second-order valence-corrected chi connectivity index (χ2v) is 4.96. The summed E-state index contributed by atoms with van der Waals surface area (Å²) in [7, 11) is 1.68. The van der Waals surface area contributed by atoms with E-state index in [0.29, 0.717) is 17.9 Å². The Balaban J connectivity index is 2.80. The van der Waals surface area contributed by atoms with Crippen LogP contribution >= 0.6 is 0 Å². The van der Waals surface area contributed by atoms with Gasteiger partial charge in [0.05, 0.1) is 12.1 Å². The Bertz CT molecular complexity index is 437. The molecule has 1 rings (SSSR count). The number of aliphatic hydroxyl groups is 1. The Hall–Kier alpha value is -1.81. The van der Waals surface area contributed by atoms with Crippen LogP contribution in [0, 0.1) is 0 Å². The molecule has 1 amide bonds. The zero-order valence-electron chi connectivity index (χ0n) is 11.7. The highest BCUT2D eigenvalue weighted by Gasteiger charge is 2.27. The maximum absolute atomic E-state index is 12.2. The number of carbonyl (C=O) groups excluding carboxylic acids is 1. The van der Waals surface area contributed by atoms with Gasteiger partial charge in [0.15, 0.2) is 0 Å². The molecule has 1 aromatic rings. The first kappa shape index (κ1) is 15.2. The van der Waals surface area contributed by atoms with Gasteiger partial charge in [-0.25, -0.2) is 0 Å². The Morgan fingerprint density at radius 3 is 2.47 bits per heavy atom. The summed E-state index contributed by atoms with van der Waals surface area (Å²) in [5.41, 5.74) is -0.0234. The van der Waals surface area contributed by atoms with E-state index in [1.807, 2.05) is 13.8 Å². The molecule has 0 fully saturated rings. The van der Waals surface area contributed by atoms with Gasteiger partial charge < -0.3 is 14.7 Å². The number of likely N-dealkylation sites (N-methyl/N-ethyl adjacent to an activating group) is 1. The van der Waals surface area contributed by atoms with E-state index in [1.54, 1.807) is 37.4 Å². The van der Waals surface area contributed by atoms with Crippen LogP contribution in [0.1, 0.15) is 24.2 Å². The van der Waals surface area contributed by atoms with Gasteiger partial charge in [-0.05, 0) is 38.1 Å². The lowest BCUT2D eigenvalue weighted by Crippen LogP contribution is -2.47. The first-order chi connectivity index (χ1) is 8.92. The number of ether oxygens (including phenoxy) is 1. The maximum Gasteiger partial charge on any atom is 0.254 e. The van der Waals surface area contributed by atoms with Crippen molar-refractivity contribution in [3.8, 4) is 5.75 Å². The van der Waals surface area contributed by atoms with Crippen LogP contribution < -0.4 is 4.74 Å². The molecule has 0 saturated carbocycles. The molecule has 0 saturated heterocycles. The zero-order valence-corrected chi connectivity index (χ0v) is 11.7. The lowest BCUT2D eigenvalue weighted by molar-refractivity contribution is 0.0473. The molecule has 0 aliphatic carbocycles. The van der Waals surface area contributed by atoms with E-state index in [4.69, 9.17) is 4.74 Å². The minimum atomic E-state index is -0.588. The summed E-state index contributed by atoms with van der Waals surface area (Å²) < 4.78 is 5.36. The van der Waals surface area contributed by atoms with E-state index in [0.717, 1.165) is 0 Å². The van der Waals surface area contributed by atoms with E-state index < -0.39 is 5.54 Å². The van der Waals surface area contributed by atoms with Crippen molar-refractivity contribution in [3.05, 3.63) is 42.5 Å². The molecule has 0 aliphatic heterocycles. The molecule has 4 nitrogen and oxygen atoms in total. The molecule has 104 valence electrons. The molecule has 0 unspecified atom stereocenters. The van der Waals surface area contributed by atoms with Gasteiger partial charge in [-0.3, -0.25) is 4.79 Å². The van der Waals surface area contributed by atoms with E-state index in [1.165, 1.54) is 4.90 Å². The van der Waals surface area contributed by atoms with Crippen molar-refractivity contribution in [2.75, 3.05) is 20.3 Å². The predicted molar refractivity (Wildman–Crippen MR) is 75.4 cm³/mol. The number of aliphatic hydroxyl groups excluding tert-OH is 1. The van der Waals surface area contributed by atoms with E-state index in [9.17, 15) is 9.90 Å². The number of benzene rings is 1. The second-order valence-electron chi connectivity index (χ2n) is 4.96. The number of nitrogens with zero attached hydrogens (tertiary/aromatic N) is 1. The van der Waals surface area contributed by atoms with Gasteiger partial charge >= 0.3 is 0 Å². The van der Waals surface area contributed by atoms with Crippen molar-refractivity contribution in [3.63, 3.8) is 0 Å². The van der Waals surface area contributed by atoms with Gasteiger partial charge in [0, 0.05) is 12.6 Å². The first-order valence-electron chi connectivity index (χ1n) is 6.15. The van der Waals surface area contributed by atoms with Crippen LogP contribution in [-0.4, -0.2) is 41.7 Å². The second kappa shape index (κ2) is 6.38. The van der Waals surface area contributed by atoms with Crippen LogP contribution in [0.25, 0.3) is 0 Å². The maximum atomic E-state index is 12.2. The monoisotopic (exact) mass is 263 g/mol. The van der Waals surface area contributed by atoms with Crippen molar-refractivity contribution >= 4 is 5.91 Å². The molecular formula is C15H21NO3. The molecular weight excluding hydrogens is 242 g/mol. The quantitative estimate of drug-likeness (QED) is 0.800. The summed E-state index contributed by atoms with van der Waals surface area (Å²) in [5, 5.41) is 9.28. The minimum Gasteiger partial charge on any atom is -0.490 e. The van der Waals surface area contributed by atoms with E-state index in [2.05, 4.69) is 6.58 Å². The molecule has 1 aromatic carbocycles. The minimum absolute atomic E-state index is 0.0875. The fourth-order valence-corrected chi connectivity index (χ4v) is 1.42. The number of amides is 1. The third-order valence-electron chi connectivity index (χ3n) is 3.07. The number of hydrogen-bond donors (Lipinski definition) is 1. The van der Waals surface area contributed by atoms with Gasteiger partial charge in [0.2, 0.25) is 0 Å². The van der Waals surface area contributed by atoms with E-state index >= 15 is 0 Å². The Labute approximate surface area is 114 Å². The summed E-state index contributed by atoms with van der Waals surface area (Å²) in [6, 6.07) is 6.92. The molecule has 0 radical (unpaired) electrons. The van der Waals surface area contributed by atoms with Crippen LogP contribution in [0.3, 0.4) is 0 Å². The average Bonchev–Trinajstić information content (AvgIpc) is 2.44. The molecule has 0 aromatic heterocycles. The smallest absolute Gasteiger partial charge is 0.254 e. The van der Waals surface area contributed by atoms with Gasteiger partial charge in [-0.2, -0.15) is 0 Å². The van der Waals surface area contributed by atoms with Crippen LogP contribution in [0.4, 0.5) is 0 Å². The lowest BCUT2D eigenvalue weighted by atomic mass is 10.0. The molecule has 1 N–H and O–H groups in total. The SMILES string of the molecule is C=CCOc1ccc(C(=O)N(C)C(C)(C)CO)cc1. The standard InChI is InChI=1S/C15H21NO3/c1-5-10-19-13-8-6-12(7-9-13)14(18)16(4)15(2,3)11-17/h5-9,17H,1,10-11H2,2-4H3. The zero-order chi connectivity index (χ0) is 14.5. The summed E-state index contributed by atoms with van der Waals surface area (Å²) in [5.74, 6) is 0.565.